The molecule has 22 heavy (non-hydrogen) atoms. The molecule has 1 aromatic heterocycles. The molecule has 0 unspecified atom stereocenters. The average molecular weight is 322 g/mol. The Hall–Kier alpha value is -1.36. The molecule has 122 valence electrons. The zero-order chi connectivity index (χ0) is 15.8. The number of piperidine rings is 1. The van der Waals surface area contributed by atoms with Crippen LogP contribution in [-0.4, -0.2) is 36.3 Å². The Labute approximate surface area is 136 Å². The number of hydrogen-bond acceptors (Lipinski definition) is 3. The van der Waals surface area contributed by atoms with Gasteiger partial charge in [0.1, 0.15) is 0 Å². The molecule has 0 spiro atoms. The van der Waals surface area contributed by atoms with Crippen molar-refractivity contribution in [3.63, 3.8) is 0 Å². The highest BCUT2D eigenvalue weighted by Crippen LogP contribution is 2.20. The maximum Gasteiger partial charge on any atom is 0.263 e. The molecule has 2 rings (SSSR count). The maximum absolute atomic E-state index is 12.2. The van der Waals surface area contributed by atoms with Crippen molar-refractivity contribution in [1.82, 2.24) is 10.2 Å². The van der Waals surface area contributed by atoms with Crippen LogP contribution >= 0.6 is 11.3 Å². The molecular formula is C17H26N2O2S. The first kappa shape index (κ1) is 17.0. The van der Waals surface area contributed by atoms with Gasteiger partial charge in [-0.15, -0.1) is 11.3 Å². The topological polar surface area (TPSA) is 49.4 Å². The summed E-state index contributed by atoms with van der Waals surface area (Å²) in [6.07, 6.45) is 6.25. The van der Waals surface area contributed by atoms with Gasteiger partial charge < -0.3 is 10.2 Å². The first-order valence-corrected chi connectivity index (χ1v) is 9.20. The third-order valence-electron chi connectivity index (χ3n) is 4.21. The number of thiophene rings is 1. The van der Waals surface area contributed by atoms with E-state index in [-0.39, 0.29) is 17.7 Å². The fourth-order valence-electron chi connectivity index (χ4n) is 2.81. The lowest BCUT2D eigenvalue weighted by Gasteiger charge is -2.31. The van der Waals surface area contributed by atoms with Crippen LogP contribution in [0, 0.1) is 5.92 Å². The Morgan fingerprint density at radius 3 is 2.68 bits per heavy atom. The minimum Gasteiger partial charge on any atom is -0.356 e. The van der Waals surface area contributed by atoms with E-state index in [1.165, 1.54) is 30.6 Å². The fourth-order valence-corrected chi connectivity index (χ4v) is 3.50. The van der Waals surface area contributed by atoms with Gasteiger partial charge in [0, 0.05) is 25.6 Å². The quantitative estimate of drug-likeness (QED) is 0.783. The molecule has 1 N–H and O–H groups in total. The third kappa shape index (κ3) is 4.83. The lowest BCUT2D eigenvalue weighted by molar-refractivity contribution is -0.126. The maximum atomic E-state index is 12.2. The molecule has 5 heteroatoms. The molecular weight excluding hydrogens is 296 g/mol. The Bertz CT molecular complexity index is 465. The molecule has 1 saturated heterocycles. The molecule has 1 fully saturated rings. The van der Waals surface area contributed by atoms with Crippen molar-refractivity contribution in [2.24, 2.45) is 5.92 Å². The molecule has 0 aromatic carbocycles. The number of amides is 2. The van der Waals surface area contributed by atoms with Gasteiger partial charge in [0.15, 0.2) is 0 Å². The molecule has 0 bridgehead atoms. The summed E-state index contributed by atoms with van der Waals surface area (Å²) in [5.41, 5.74) is 0. The SMILES string of the molecule is CCCCCCNC(=O)C1CCN(C(=O)c2cccs2)CC1. The largest absolute Gasteiger partial charge is 0.356 e. The van der Waals surface area contributed by atoms with Crippen molar-refractivity contribution < 1.29 is 9.59 Å². The van der Waals surface area contributed by atoms with E-state index < -0.39 is 0 Å². The van der Waals surface area contributed by atoms with E-state index in [0.717, 1.165) is 30.7 Å². The van der Waals surface area contributed by atoms with Crippen LogP contribution in [0.15, 0.2) is 17.5 Å². The number of nitrogens with one attached hydrogen (secondary N) is 1. The lowest BCUT2D eigenvalue weighted by atomic mass is 9.95. The van der Waals surface area contributed by atoms with Gasteiger partial charge in [-0.05, 0) is 30.7 Å². The van der Waals surface area contributed by atoms with E-state index in [4.69, 9.17) is 0 Å². The van der Waals surface area contributed by atoms with E-state index in [1.54, 1.807) is 0 Å². The highest BCUT2D eigenvalue weighted by atomic mass is 32.1. The second kappa shape index (κ2) is 8.93. The Morgan fingerprint density at radius 1 is 1.27 bits per heavy atom. The van der Waals surface area contributed by atoms with Gasteiger partial charge >= 0.3 is 0 Å². The number of likely N-dealkylation sites (tertiary alicyclic amines) is 1. The first-order valence-electron chi connectivity index (χ1n) is 8.33. The molecule has 2 heterocycles. The van der Waals surface area contributed by atoms with Gasteiger partial charge in [-0.25, -0.2) is 0 Å². The van der Waals surface area contributed by atoms with Crippen molar-refractivity contribution in [1.29, 1.82) is 0 Å². The summed E-state index contributed by atoms with van der Waals surface area (Å²) in [6.45, 7) is 4.34. The minimum absolute atomic E-state index is 0.0681. The normalized spacial score (nSPS) is 15.8. The van der Waals surface area contributed by atoms with Gasteiger partial charge in [0.25, 0.3) is 5.91 Å². The Morgan fingerprint density at radius 2 is 2.05 bits per heavy atom. The second-order valence-electron chi connectivity index (χ2n) is 5.90. The molecule has 0 aliphatic carbocycles. The van der Waals surface area contributed by atoms with Crippen LogP contribution in [0.4, 0.5) is 0 Å². The average Bonchev–Trinajstić information content (AvgIpc) is 3.08. The highest BCUT2D eigenvalue weighted by molar-refractivity contribution is 7.12. The summed E-state index contributed by atoms with van der Waals surface area (Å²) >= 11 is 1.48. The van der Waals surface area contributed by atoms with Crippen LogP contribution < -0.4 is 5.32 Å². The lowest BCUT2D eigenvalue weighted by Crippen LogP contribution is -2.43. The van der Waals surface area contributed by atoms with Gasteiger partial charge in [0.05, 0.1) is 4.88 Å². The number of unbranched alkanes of at least 4 members (excludes halogenated alkanes) is 3. The van der Waals surface area contributed by atoms with Crippen molar-refractivity contribution in [3.8, 4) is 0 Å². The third-order valence-corrected chi connectivity index (χ3v) is 5.07. The molecule has 2 amide bonds. The second-order valence-corrected chi connectivity index (χ2v) is 6.84. The van der Waals surface area contributed by atoms with Crippen LogP contribution in [0.25, 0.3) is 0 Å². The first-order chi connectivity index (χ1) is 10.7. The standard InChI is InChI=1S/C17H26N2O2S/c1-2-3-4-5-10-18-16(20)14-8-11-19(12-9-14)17(21)15-7-6-13-22-15/h6-7,13-14H,2-5,8-12H2,1H3,(H,18,20). The predicted octanol–water partition coefficient (Wildman–Crippen LogP) is 3.30. The highest BCUT2D eigenvalue weighted by Gasteiger charge is 2.27. The summed E-state index contributed by atoms with van der Waals surface area (Å²) < 4.78 is 0. The van der Waals surface area contributed by atoms with E-state index in [0.29, 0.717) is 13.1 Å². The molecule has 4 nitrogen and oxygen atoms in total. The summed E-state index contributed by atoms with van der Waals surface area (Å²) in [5, 5.41) is 4.97. The summed E-state index contributed by atoms with van der Waals surface area (Å²) in [7, 11) is 0. The van der Waals surface area contributed by atoms with E-state index >= 15 is 0 Å². The van der Waals surface area contributed by atoms with Crippen molar-refractivity contribution in [2.75, 3.05) is 19.6 Å². The minimum atomic E-state index is 0.0681. The number of nitrogens with zero attached hydrogens (tertiary/aromatic N) is 1. The Balaban J connectivity index is 1.68. The van der Waals surface area contributed by atoms with E-state index in [9.17, 15) is 9.59 Å². The van der Waals surface area contributed by atoms with Gasteiger partial charge in [-0.3, -0.25) is 9.59 Å². The monoisotopic (exact) mass is 322 g/mol. The van der Waals surface area contributed by atoms with Gasteiger partial charge in [0.2, 0.25) is 5.91 Å². The summed E-state index contributed by atoms with van der Waals surface area (Å²) in [6, 6.07) is 3.76. The Kier molecular flexibility index (Phi) is 6.90. The fraction of sp³-hybridized carbons (Fsp3) is 0.647. The van der Waals surface area contributed by atoms with E-state index in [2.05, 4.69) is 12.2 Å². The zero-order valence-corrected chi connectivity index (χ0v) is 14.2. The van der Waals surface area contributed by atoms with Crippen LogP contribution in [0.1, 0.15) is 55.1 Å². The molecule has 1 aliphatic heterocycles. The molecule has 0 atom stereocenters. The van der Waals surface area contributed by atoms with Gasteiger partial charge in [-0.1, -0.05) is 32.3 Å². The van der Waals surface area contributed by atoms with Crippen LogP contribution in [0.3, 0.4) is 0 Å². The zero-order valence-electron chi connectivity index (χ0n) is 13.3. The van der Waals surface area contributed by atoms with Crippen molar-refractivity contribution >= 4 is 23.2 Å². The van der Waals surface area contributed by atoms with Crippen molar-refractivity contribution in [2.45, 2.75) is 45.4 Å². The summed E-state index contributed by atoms with van der Waals surface area (Å²) in [4.78, 5) is 27.0. The number of rotatable bonds is 7. The molecule has 0 saturated carbocycles. The number of carbonyl (C=O) groups excluding carboxylic acids is 2. The van der Waals surface area contributed by atoms with Crippen LogP contribution in [-0.2, 0) is 4.79 Å². The van der Waals surface area contributed by atoms with Crippen molar-refractivity contribution in [3.05, 3.63) is 22.4 Å². The molecule has 1 aromatic rings. The smallest absolute Gasteiger partial charge is 0.263 e. The van der Waals surface area contributed by atoms with E-state index in [1.807, 2.05) is 22.4 Å². The van der Waals surface area contributed by atoms with Crippen LogP contribution in [0.5, 0.6) is 0 Å². The number of hydrogen-bond donors (Lipinski definition) is 1. The number of carbonyl (C=O) groups is 2. The molecule has 1 aliphatic rings. The van der Waals surface area contributed by atoms with Gasteiger partial charge in [-0.2, -0.15) is 0 Å². The molecule has 0 radical (unpaired) electrons. The van der Waals surface area contributed by atoms with Crippen LogP contribution in [0.2, 0.25) is 0 Å². The predicted molar refractivity (Wildman–Crippen MR) is 90.1 cm³/mol. The summed E-state index contributed by atoms with van der Waals surface area (Å²) in [5.74, 6) is 0.340.